The number of aromatic nitrogens is 2. The molecule has 3 heterocycles. The smallest absolute Gasteiger partial charge is 0.223 e. The fraction of sp³-hybridized carbons (Fsp3) is 0.556. The van der Waals surface area contributed by atoms with E-state index in [0.717, 1.165) is 30.8 Å². The first-order valence-corrected chi connectivity index (χ1v) is 8.77. The molecular weight excluding hydrogens is 320 g/mol. The lowest BCUT2D eigenvalue weighted by Crippen LogP contribution is -2.54. The summed E-state index contributed by atoms with van der Waals surface area (Å²) in [6.07, 6.45) is 9.07. The fourth-order valence-corrected chi connectivity index (χ4v) is 3.38. The third-order valence-corrected chi connectivity index (χ3v) is 4.77. The summed E-state index contributed by atoms with van der Waals surface area (Å²) in [7, 11) is 1.88. The number of amides is 1. The van der Waals surface area contributed by atoms with Crippen molar-refractivity contribution in [3.8, 4) is 0 Å². The van der Waals surface area contributed by atoms with Crippen LogP contribution in [0.15, 0.2) is 35.4 Å². The Morgan fingerprint density at radius 1 is 1.40 bits per heavy atom. The number of furan rings is 1. The number of aliphatic hydroxyl groups is 1. The lowest BCUT2D eigenvalue weighted by Gasteiger charge is -2.41. The predicted octanol–water partition coefficient (Wildman–Crippen LogP) is 1.04. The molecule has 1 fully saturated rings. The van der Waals surface area contributed by atoms with Crippen molar-refractivity contribution in [2.45, 2.75) is 31.8 Å². The van der Waals surface area contributed by atoms with Crippen LogP contribution in [-0.2, 0) is 24.8 Å². The maximum Gasteiger partial charge on any atom is 0.223 e. The second-order valence-corrected chi connectivity index (χ2v) is 6.63. The molecular formula is C18H26N4O3. The monoisotopic (exact) mass is 346 g/mol. The Bertz CT molecular complexity index is 668. The molecule has 7 nitrogen and oxygen atoms in total. The normalized spacial score (nSPS) is 18.6. The molecule has 0 saturated carbocycles. The van der Waals surface area contributed by atoms with Gasteiger partial charge in [0.15, 0.2) is 0 Å². The van der Waals surface area contributed by atoms with E-state index in [1.54, 1.807) is 17.2 Å². The molecule has 3 rings (SSSR count). The topological polar surface area (TPSA) is 74.7 Å². The van der Waals surface area contributed by atoms with Crippen LogP contribution in [-0.4, -0.2) is 62.9 Å². The number of aliphatic hydroxyl groups excluding tert-OH is 1. The number of rotatable bonds is 7. The molecule has 7 heteroatoms. The Kier molecular flexibility index (Phi) is 5.88. The van der Waals surface area contributed by atoms with Crippen LogP contribution in [0.5, 0.6) is 0 Å². The summed E-state index contributed by atoms with van der Waals surface area (Å²) in [6, 6.07) is 2.14. The van der Waals surface area contributed by atoms with Gasteiger partial charge < -0.3 is 14.4 Å². The summed E-state index contributed by atoms with van der Waals surface area (Å²) in [4.78, 5) is 16.8. The van der Waals surface area contributed by atoms with E-state index in [1.807, 2.05) is 30.4 Å². The van der Waals surface area contributed by atoms with E-state index in [2.05, 4.69) is 10.00 Å². The molecule has 1 aliphatic rings. The van der Waals surface area contributed by atoms with Gasteiger partial charge in [0.2, 0.25) is 5.91 Å². The Morgan fingerprint density at radius 2 is 2.28 bits per heavy atom. The first-order chi connectivity index (χ1) is 12.2. The van der Waals surface area contributed by atoms with Gasteiger partial charge in [-0.3, -0.25) is 14.4 Å². The number of carbonyl (C=O) groups is 1. The first kappa shape index (κ1) is 17.7. The maximum absolute atomic E-state index is 12.6. The molecule has 0 unspecified atom stereocenters. The average molecular weight is 346 g/mol. The van der Waals surface area contributed by atoms with E-state index >= 15 is 0 Å². The number of hydrogen-bond donors (Lipinski definition) is 1. The van der Waals surface area contributed by atoms with Crippen molar-refractivity contribution in [2.24, 2.45) is 7.05 Å². The third kappa shape index (κ3) is 4.70. The minimum atomic E-state index is 0.129. The zero-order valence-corrected chi connectivity index (χ0v) is 14.7. The van der Waals surface area contributed by atoms with Crippen LogP contribution in [0, 0.1) is 0 Å². The van der Waals surface area contributed by atoms with Crippen molar-refractivity contribution < 1.29 is 14.3 Å². The van der Waals surface area contributed by atoms with Crippen molar-refractivity contribution in [3.63, 3.8) is 0 Å². The van der Waals surface area contributed by atoms with Crippen LogP contribution in [0.2, 0.25) is 0 Å². The molecule has 1 N–H and O–H groups in total. The Labute approximate surface area is 147 Å². The predicted molar refractivity (Wildman–Crippen MR) is 92.7 cm³/mol. The molecule has 1 aliphatic heterocycles. The molecule has 0 aliphatic carbocycles. The minimum absolute atomic E-state index is 0.129. The quantitative estimate of drug-likeness (QED) is 0.811. The highest BCUT2D eigenvalue weighted by atomic mass is 16.3. The Balaban J connectivity index is 1.54. The summed E-state index contributed by atoms with van der Waals surface area (Å²) < 4.78 is 6.89. The maximum atomic E-state index is 12.6. The van der Waals surface area contributed by atoms with Gasteiger partial charge in [0.1, 0.15) is 0 Å². The third-order valence-electron chi connectivity index (χ3n) is 4.77. The minimum Gasteiger partial charge on any atom is -0.472 e. The summed E-state index contributed by atoms with van der Waals surface area (Å²) in [5, 5.41) is 13.5. The van der Waals surface area contributed by atoms with Gasteiger partial charge in [0.05, 0.1) is 18.7 Å². The SMILES string of the molecule is Cn1cc(CCC(=O)N2CCN(Cc3ccoc3)[C@H](CCO)C2)cn1. The number of nitrogens with zero attached hydrogens (tertiary/aromatic N) is 4. The van der Waals surface area contributed by atoms with Gasteiger partial charge in [-0.1, -0.05) is 0 Å². The number of aryl methyl sites for hydroxylation is 2. The highest BCUT2D eigenvalue weighted by Crippen LogP contribution is 2.18. The van der Waals surface area contributed by atoms with Gasteiger partial charge in [0, 0.05) is 64.1 Å². The molecule has 1 amide bonds. The molecule has 0 radical (unpaired) electrons. The highest BCUT2D eigenvalue weighted by Gasteiger charge is 2.29. The van der Waals surface area contributed by atoms with Gasteiger partial charge in [-0.2, -0.15) is 5.10 Å². The molecule has 1 atom stereocenters. The van der Waals surface area contributed by atoms with Crippen LogP contribution in [0.4, 0.5) is 0 Å². The molecule has 2 aromatic rings. The summed E-state index contributed by atoms with van der Waals surface area (Å²) in [6.45, 7) is 3.13. The average Bonchev–Trinajstić information content (AvgIpc) is 3.26. The second kappa shape index (κ2) is 8.31. The second-order valence-electron chi connectivity index (χ2n) is 6.63. The van der Waals surface area contributed by atoms with Gasteiger partial charge in [-0.05, 0) is 24.5 Å². The lowest BCUT2D eigenvalue weighted by atomic mass is 10.1. The Morgan fingerprint density at radius 3 is 2.96 bits per heavy atom. The van der Waals surface area contributed by atoms with Gasteiger partial charge in [-0.15, -0.1) is 0 Å². The molecule has 0 bridgehead atoms. The standard InChI is InChI=1S/C18H26N4O3/c1-20-11-15(10-19-20)2-3-18(24)22-7-6-21(17(13-22)4-8-23)12-16-5-9-25-14-16/h5,9-11,14,17,23H,2-4,6-8,12-13H2,1H3/t17-/m1/s1. The van der Waals surface area contributed by atoms with Crippen LogP contribution in [0.25, 0.3) is 0 Å². The number of hydrogen-bond acceptors (Lipinski definition) is 5. The van der Waals surface area contributed by atoms with Crippen molar-refractivity contribution in [1.29, 1.82) is 0 Å². The van der Waals surface area contributed by atoms with Gasteiger partial charge in [0.25, 0.3) is 0 Å². The van der Waals surface area contributed by atoms with Crippen molar-refractivity contribution in [1.82, 2.24) is 19.6 Å². The zero-order chi connectivity index (χ0) is 17.6. The summed E-state index contributed by atoms with van der Waals surface area (Å²) in [5.74, 6) is 0.176. The fourth-order valence-electron chi connectivity index (χ4n) is 3.38. The van der Waals surface area contributed by atoms with Crippen molar-refractivity contribution in [3.05, 3.63) is 42.1 Å². The molecule has 1 saturated heterocycles. The number of carbonyl (C=O) groups excluding carboxylic acids is 1. The van der Waals surface area contributed by atoms with E-state index in [1.165, 1.54) is 0 Å². The first-order valence-electron chi connectivity index (χ1n) is 8.77. The summed E-state index contributed by atoms with van der Waals surface area (Å²) >= 11 is 0. The summed E-state index contributed by atoms with van der Waals surface area (Å²) in [5.41, 5.74) is 2.21. The Hall–Kier alpha value is -2.12. The lowest BCUT2D eigenvalue weighted by molar-refractivity contribution is -0.134. The van der Waals surface area contributed by atoms with Crippen molar-refractivity contribution >= 4 is 5.91 Å². The largest absolute Gasteiger partial charge is 0.472 e. The molecule has 136 valence electrons. The van der Waals surface area contributed by atoms with Crippen LogP contribution < -0.4 is 0 Å². The van der Waals surface area contributed by atoms with Crippen LogP contribution in [0.3, 0.4) is 0 Å². The van der Waals surface area contributed by atoms with E-state index in [4.69, 9.17) is 4.42 Å². The van der Waals surface area contributed by atoms with Gasteiger partial charge in [-0.25, -0.2) is 0 Å². The van der Waals surface area contributed by atoms with E-state index in [9.17, 15) is 9.90 Å². The van der Waals surface area contributed by atoms with E-state index in [-0.39, 0.29) is 18.6 Å². The highest BCUT2D eigenvalue weighted by molar-refractivity contribution is 5.76. The molecule has 0 spiro atoms. The molecule has 0 aromatic carbocycles. The molecule has 2 aromatic heterocycles. The van der Waals surface area contributed by atoms with Crippen LogP contribution >= 0.6 is 0 Å². The van der Waals surface area contributed by atoms with Gasteiger partial charge >= 0.3 is 0 Å². The number of piperazine rings is 1. The zero-order valence-electron chi connectivity index (χ0n) is 14.7. The van der Waals surface area contributed by atoms with Crippen molar-refractivity contribution in [2.75, 3.05) is 26.2 Å². The van der Waals surface area contributed by atoms with Crippen LogP contribution in [0.1, 0.15) is 24.0 Å². The molecule has 25 heavy (non-hydrogen) atoms. The van der Waals surface area contributed by atoms with E-state index in [0.29, 0.717) is 25.8 Å². The van der Waals surface area contributed by atoms with E-state index < -0.39 is 0 Å².